The van der Waals surface area contributed by atoms with Crippen LogP contribution in [0.1, 0.15) is 63.1 Å². The minimum absolute atomic E-state index is 0.0759. The fraction of sp³-hybridized carbons (Fsp3) is 0.800. The van der Waals surface area contributed by atoms with Gasteiger partial charge in [-0.1, -0.05) is 19.3 Å². The van der Waals surface area contributed by atoms with Crippen molar-refractivity contribution in [3.8, 4) is 0 Å². The summed E-state index contributed by atoms with van der Waals surface area (Å²) in [4.78, 5) is 18.7. The van der Waals surface area contributed by atoms with Crippen LogP contribution in [0.4, 0.5) is 0 Å². The number of nitrogens with one attached hydrogen (secondary N) is 2. The Morgan fingerprint density at radius 2 is 1.95 bits per heavy atom. The molecule has 21 heavy (non-hydrogen) atoms. The van der Waals surface area contributed by atoms with Gasteiger partial charge in [0.15, 0.2) is 5.82 Å². The summed E-state index contributed by atoms with van der Waals surface area (Å²) < 4.78 is 0. The fourth-order valence-corrected chi connectivity index (χ4v) is 2.73. The quantitative estimate of drug-likeness (QED) is 0.870. The van der Waals surface area contributed by atoms with Crippen LogP contribution in [0.15, 0.2) is 0 Å². The number of carbonyl (C=O) groups is 1. The average molecular weight is 293 g/mol. The molecule has 1 atom stereocenters. The van der Waals surface area contributed by atoms with Crippen molar-refractivity contribution in [1.29, 1.82) is 0 Å². The number of aromatic amines is 1. The molecule has 0 bridgehead atoms. The molecule has 1 amide bonds. The number of nitrogens with zero attached hydrogens (tertiary/aromatic N) is 3. The van der Waals surface area contributed by atoms with Gasteiger partial charge in [-0.2, -0.15) is 5.10 Å². The van der Waals surface area contributed by atoms with Crippen molar-refractivity contribution >= 4 is 5.91 Å². The molecule has 6 nitrogen and oxygen atoms in total. The average Bonchev–Trinajstić information content (AvgIpc) is 2.84. The largest absolute Gasteiger partial charge is 0.346 e. The first-order valence-corrected chi connectivity index (χ1v) is 8.06. The summed E-state index contributed by atoms with van der Waals surface area (Å²) in [7, 11) is 0. The fourth-order valence-electron chi connectivity index (χ4n) is 2.73. The number of carbonyl (C=O) groups excluding carboxylic acids is 1. The number of aryl methyl sites for hydroxylation is 1. The number of hydrogen-bond donors (Lipinski definition) is 2. The van der Waals surface area contributed by atoms with Gasteiger partial charge in [-0.05, 0) is 39.8 Å². The van der Waals surface area contributed by atoms with E-state index in [0.717, 1.165) is 25.5 Å². The van der Waals surface area contributed by atoms with Gasteiger partial charge in [0, 0.05) is 13.0 Å². The van der Waals surface area contributed by atoms with Crippen molar-refractivity contribution in [3.05, 3.63) is 11.6 Å². The molecule has 2 N–H and O–H groups in total. The van der Waals surface area contributed by atoms with E-state index >= 15 is 0 Å². The highest BCUT2D eigenvalue weighted by molar-refractivity contribution is 5.76. The van der Waals surface area contributed by atoms with Crippen LogP contribution in [0.25, 0.3) is 0 Å². The van der Waals surface area contributed by atoms with Gasteiger partial charge in [0.05, 0.1) is 6.04 Å². The first-order chi connectivity index (χ1) is 10.1. The molecule has 2 heterocycles. The third kappa shape index (κ3) is 5.46. The first-order valence-electron chi connectivity index (χ1n) is 8.06. The molecule has 1 fully saturated rings. The van der Waals surface area contributed by atoms with E-state index in [1.165, 1.54) is 32.1 Å². The summed E-state index contributed by atoms with van der Waals surface area (Å²) in [5, 5.41) is 9.85. The summed E-state index contributed by atoms with van der Waals surface area (Å²) >= 11 is 0. The number of aromatic nitrogens is 3. The normalized spacial score (nSPS) is 18.8. The molecule has 0 aromatic carbocycles. The van der Waals surface area contributed by atoms with E-state index in [-0.39, 0.29) is 11.9 Å². The van der Waals surface area contributed by atoms with Gasteiger partial charge < -0.3 is 10.2 Å². The Balaban J connectivity index is 1.71. The van der Waals surface area contributed by atoms with Crippen LogP contribution in [-0.4, -0.2) is 45.6 Å². The molecule has 118 valence electrons. The Hall–Kier alpha value is -1.43. The van der Waals surface area contributed by atoms with Gasteiger partial charge in [-0.15, -0.1) is 0 Å². The molecule has 1 aromatic heterocycles. The Kier molecular flexibility index (Phi) is 6.17. The Bertz CT molecular complexity index is 437. The third-order valence-corrected chi connectivity index (χ3v) is 3.98. The smallest absolute Gasteiger partial charge is 0.221 e. The van der Waals surface area contributed by atoms with Crippen LogP contribution in [0.5, 0.6) is 0 Å². The van der Waals surface area contributed by atoms with Crippen molar-refractivity contribution in [2.75, 3.05) is 19.6 Å². The zero-order chi connectivity index (χ0) is 15.1. The second-order valence-corrected chi connectivity index (χ2v) is 5.93. The number of likely N-dealkylation sites (tertiary alicyclic amines) is 1. The number of rotatable bonds is 5. The predicted octanol–water partition coefficient (Wildman–Crippen LogP) is 1.95. The molecule has 0 radical (unpaired) electrons. The van der Waals surface area contributed by atoms with E-state index in [4.69, 9.17) is 0 Å². The van der Waals surface area contributed by atoms with Gasteiger partial charge >= 0.3 is 0 Å². The van der Waals surface area contributed by atoms with Crippen LogP contribution in [0.3, 0.4) is 0 Å². The van der Waals surface area contributed by atoms with Crippen molar-refractivity contribution < 1.29 is 4.79 Å². The lowest BCUT2D eigenvalue weighted by Crippen LogP contribution is -2.34. The van der Waals surface area contributed by atoms with Crippen LogP contribution in [-0.2, 0) is 4.79 Å². The van der Waals surface area contributed by atoms with Gasteiger partial charge in [0.2, 0.25) is 5.91 Å². The molecule has 0 aliphatic carbocycles. The van der Waals surface area contributed by atoms with E-state index in [1.54, 1.807) is 0 Å². The lowest BCUT2D eigenvalue weighted by Gasteiger charge is -2.24. The van der Waals surface area contributed by atoms with Crippen molar-refractivity contribution in [2.45, 2.75) is 58.4 Å². The Morgan fingerprint density at radius 3 is 2.57 bits per heavy atom. The van der Waals surface area contributed by atoms with Crippen LogP contribution in [0.2, 0.25) is 0 Å². The maximum absolute atomic E-state index is 12.0. The van der Waals surface area contributed by atoms with E-state index in [9.17, 15) is 4.79 Å². The monoisotopic (exact) mass is 293 g/mol. The molecular weight excluding hydrogens is 266 g/mol. The maximum atomic E-state index is 12.0. The Labute approximate surface area is 126 Å². The highest BCUT2D eigenvalue weighted by Crippen LogP contribution is 2.11. The predicted molar refractivity (Wildman–Crippen MR) is 81.8 cm³/mol. The summed E-state index contributed by atoms with van der Waals surface area (Å²) in [6.45, 7) is 6.88. The zero-order valence-corrected chi connectivity index (χ0v) is 13.2. The van der Waals surface area contributed by atoms with E-state index in [2.05, 4.69) is 25.4 Å². The summed E-state index contributed by atoms with van der Waals surface area (Å²) in [5.74, 6) is 1.49. The lowest BCUT2D eigenvalue weighted by atomic mass is 10.1. The van der Waals surface area contributed by atoms with Crippen molar-refractivity contribution in [1.82, 2.24) is 25.4 Å². The highest BCUT2D eigenvalue weighted by atomic mass is 16.1. The molecule has 1 saturated heterocycles. The third-order valence-electron chi connectivity index (χ3n) is 3.98. The molecule has 1 aromatic rings. The second-order valence-electron chi connectivity index (χ2n) is 5.93. The van der Waals surface area contributed by atoms with Gasteiger partial charge in [0.25, 0.3) is 0 Å². The minimum Gasteiger partial charge on any atom is -0.346 e. The topological polar surface area (TPSA) is 73.9 Å². The van der Waals surface area contributed by atoms with Crippen molar-refractivity contribution in [3.63, 3.8) is 0 Å². The molecule has 0 saturated carbocycles. The summed E-state index contributed by atoms with van der Waals surface area (Å²) in [6, 6.07) is -0.144. The molecule has 0 spiro atoms. The van der Waals surface area contributed by atoms with E-state index in [1.807, 2.05) is 13.8 Å². The summed E-state index contributed by atoms with van der Waals surface area (Å²) in [6.07, 6.45) is 7.08. The van der Waals surface area contributed by atoms with Gasteiger partial charge in [-0.3, -0.25) is 9.89 Å². The van der Waals surface area contributed by atoms with Crippen LogP contribution < -0.4 is 5.32 Å². The zero-order valence-electron chi connectivity index (χ0n) is 13.2. The van der Waals surface area contributed by atoms with Gasteiger partial charge in [0.1, 0.15) is 5.82 Å². The molecule has 6 heteroatoms. The summed E-state index contributed by atoms with van der Waals surface area (Å²) in [5.41, 5.74) is 0. The first kappa shape index (κ1) is 15.9. The van der Waals surface area contributed by atoms with Gasteiger partial charge in [-0.25, -0.2) is 4.98 Å². The van der Waals surface area contributed by atoms with E-state index < -0.39 is 0 Å². The minimum atomic E-state index is -0.144. The maximum Gasteiger partial charge on any atom is 0.221 e. The van der Waals surface area contributed by atoms with Crippen LogP contribution >= 0.6 is 0 Å². The van der Waals surface area contributed by atoms with Crippen molar-refractivity contribution in [2.24, 2.45) is 0 Å². The SMILES string of the molecule is Cc1nc([C@H](C)NC(=O)CCN2CCCCCCC2)n[nH]1. The van der Waals surface area contributed by atoms with E-state index in [0.29, 0.717) is 12.2 Å². The molecule has 2 rings (SSSR count). The highest BCUT2D eigenvalue weighted by Gasteiger charge is 2.15. The number of hydrogen-bond acceptors (Lipinski definition) is 4. The molecule has 0 unspecified atom stereocenters. The lowest BCUT2D eigenvalue weighted by molar-refractivity contribution is -0.122. The molecule has 1 aliphatic heterocycles. The molecular formula is C15H27N5O. The molecule has 1 aliphatic rings. The number of H-pyrrole nitrogens is 1. The standard InChI is InChI=1S/C15H27N5O/c1-12(15-17-13(2)18-19-15)16-14(21)8-11-20-9-6-4-3-5-7-10-20/h12H,3-11H2,1-2H3,(H,16,21)(H,17,18,19)/t12-/m0/s1. The van der Waals surface area contributed by atoms with Crippen LogP contribution in [0, 0.1) is 6.92 Å². The number of amides is 1. The Morgan fingerprint density at radius 1 is 1.29 bits per heavy atom. The second kappa shape index (κ2) is 8.12.